The second-order valence-electron chi connectivity index (χ2n) is 3.91. The van der Waals surface area contributed by atoms with Crippen molar-refractivity contribution in [1.82, 2.24) is 4.90 Å². The third-order valence-corrected chi connectivity index (χ3v) is 2.83. The molecule has 0 unspecified atom stereocenters. The number of hydrogen-bond donors (Lipinski definition) is 2. The minimum absolute atomic E-state index is 0.0332. The van der Waals surface area contributed by atoms with Crippen LogP contribution in [-0.2, 0) is 0 Å². The van der Waals surface area contributed by atoms with Crippen molar-refractivity contribution in [3.05, 3.63) is 28.8 Å². The first-order valence-corrected chi connectivity index (χ1v) is 6.37. The molecular weight excluding hydrogens is 264 g/mol. The number of halogens is 1. The average molecular weight is 281 g/mol. The third kappa shape index (κ3) is 4.82. The summed E-state index contributed by atoms with van der Waals surface area (Å²) in [5, 5.41) is 11.9. The van der Waals surface area contributed by atoms with E-state index in [-0.39, 0.29) is 12.6 Å². The lowest BCUT2D eigenvalue weighted by Gasteiger charge is -2.16. The normalized spacial score (nSPS) is 9.47. The molecule has 102 valence electrons. The highest BCUT2D eigenvalue weighted by Gasteiger charge is 2.09. The maximum absolute atomic E-state index is 11.8. The van der Waals surface area contributed by atoms with Crippen LogP contribution in [0.3, 0.4) is 0 Å². The molecule has 0 atom stereocenters. The standard InChI is InChI=1S/C14H17ClN2O2/c1-3-17(2)14(19)16-13-10-11(6-4-5-9-18)7-8-12(13)15/h7-8,10,18H,3,5,9H2,1-2H3,(H,16,19). The lowest BCUT2D eigenvalue weighted by atomic mass is 10.2. The van der Waals surface area contributed by atoms with Gasteiger partial charge in [0.15, 0.2) is 0 Å². The van der Waals surface area contributed by atoms with Crippen LogP contribution in [0.2, 0.25) is 5.02 Å². The summed E-state index contributed by atoms with van der Waals surface area (Å²) in [5.41, 5.74) is 1.27. The third-order valence-electron chi connectivity index (χ3n) is 2.50. The van der Waals surface area contributed by atoms with E-state index in [0.29, 0.717) is 23.7 Å². The van der Waals surface area contributed by atoms with Crippen molar-refractivity contribution in [2.75, 3.05) is 25.5 Å². The maximum atomic E-state index is 11.8. The van der Waals surface area contributed by atoms with Gasteiger partial charge in [-0.05, 0) is 25.1 Å². The molecule has 0 radical (unpaired) electrons. The number of amides is 2. The van der Waals surface area contributed by atoms with E-state index in [1.807, 2.05) is 6.92 Å². The van der Waals surface area contributed by atoms with Crippen LogP contribution in [-0.4, -0.2) is 36.2 Å². The number of aliphatic hydroxyl groups excluding tert-OH is 1. The van der Waals surface area contributed by atoms with Gasteiger partial charge in [-0.3, -0.25) is 0 Å². The average Bonchev–Trinajstić information content (AvgIpc) is 2.41. The predicted octanol–water partition coefficient (Wildman–Crippen LogP) is 2.56. The van der Waals surface area contributed by atoms with E-state index in [4.69, 9.17) is 16.7 Å². The molecule has 2 N–H and O–H groups in total. The second-order valence-corrected chi connectivity index (χ2v) is 4.32. The van der Waals surface area contributed by atoms with Crippen molar-refractivity contribution in [1.29, 1.82) is 0 Å². The first-order valence-electron chi connectivity index (χ1n) is 6.00. The number of benzene rings is 1. The van der Waals surface area contributed by atoms with Crippen molar-refractivity contribution in [2.45, 2.75) is 13.3 Å². The molecule has 2 amide bonds. The lowest BCUT2D eigenvalue weighted by molar-refractivity contribution is 0.224. The van der Waals surface area contributed by atoms with E-state index in [9.17, 15) is 4.79 Å². The number of nitrogens with zero attached hydrogens (tertiary/aromatic N) is 1. The fourth-order valence-corrected chi connectivity index (χ4v) is 1.44. The van der Waals surface area contributed by atoms with Crippen LogP contribution in [0.15, 0.2) is 18.2 Å². The van der Waals surface area contributed by atoms with Gasteiger partial charge in [-0.25, -0.2) is 4.79 Å². The Morgan fingerprint density at radius 1 is 1.53 bits per heavy atom. The fourth-order valence-electron chi connectivity index (χ4n) is 1.27. The van der Waals surface area contributed by atoms with E-state index in [0.717, 1.165) is 5.56 Å². The number of nitrogens with one attached hydrogen (secondary N) is 1. The Labute approximate surface area is 118 Å². The topological polar surface area (TPSA) is 52.6 Å². The highest BCUT2D eigenvalue weighted by atomic mass is 35.5. The minimum Gasteiger partial charge on any atom is -0.395 e. The Morgan fingerprint density at radius 2 is 2.26 bits per heavy atom. The zero-order valence-electron chi connectivity index (χ0n) is 11.0. The molecular formula is C14H17ClN2O2. The Kier molecular flexibility index (Phi) is 6.20. The van der Waals surface area contributed by atoms with Crippen molar-refractivity contribution >= 4 is 23.3 Å². The molecule has 1 aromatic carbocycles. The van der Waals surface area contributed by atoms with Gasteiger partial charge in [0.1, 0.15) is 0 Å². The van der Waals surface area contributed by atoms with Crippen molar-refractivity contribution < 1.29 is 9.90 Å². The molecule has 5 heteroatoms. The van der Waals surface area contributed by atoms with Gasteiger partial charge < -0.3 is 15.3 Å². The number of anilines is 1. The van der Waals surface area contributed by atoms with Gasteiger partial charge in [-0.15, -0.1) is 0 Å². The van der Waals surface area contributed by atoms with Crippen LogP contribution in [0.4, 0.5) is 10.5 Å². The summed E-state index contributed by atoms with van der Waals surface area (Å²) in [5.74, 6) is 5.72. The Morgan fingerprint density at radius 3 is 2.89 bits per heavy atom. The van der Waals surface area contributed by atoms with Crippen LogP contribution < -0.4 is 5.32 Å². The molecule has 1 rings (SSSR count). The van der Waals surface area contributed by atoms with Gasteiger partial charge in [-0.1, -0.05) is 23.4 Å². The molecule has 1 aromatic rings. The lowest BCUT2D eigenvalue weighted by Crippen LogP contribution is -2.31. The van der Waals surface area contributed by atoms with E-state index in [2.05, 4.69) is 17.2 Å². The van der Waals surface area contributed by atoms with Gasteiger partial charge in [0.2, 0.25) is 0 Å². The molecule has 19 heavy (non-hydrogen) atoms. The van der Waals surface area contributed by atoms with Crippen molar-refractivity contribution in [3.63, 3.8) is 0 Å². The molecule has 0 fully saturated rings. The number of urea groups is 1. The van der Waals surface area contributed by atoms with E-state index >= 15 is 0 Å². The minimum atomic E-state index is -0.218. The summed E-state index contributed by atoms with van der Waals surface area (Å²) in [6, 6.07) is 4.95. The van der Waals surface area contributed by atoms with Crippen LogP contribution in [0.5, 0.6) is 0 Å². The van der Waals surface area contributed by atoms with Gasteiger partial charge >= 0.3 is 6.03 Å². The maximum Gasteiger partial charge on any atom is 0.321 e. The molecule has 0 aliphatic heterocycles. The van der Waals surface area contributed by atoms with E-state index in [1.165, 1.54) is 0 Å². The quantitative estimate of drug-likeness (QED) is 0.836. The zero-order chi connectivity index (χ0) is 14.3. The number of rotatable bonds is 3. The van der Waals surface area contributed by atoms with Crippen molar-refractivity contribution in [2.24, 2.45) is 0 Å². The number of carbonyl (C=O) groups excluding carboxylic acids is 1. The zero-order valence-corrected chi connectivity index (χ0v) is 11.8. The van der Waals surface area contributed by atoms with Gasteiger partial charge in [0.25, 0.3) is 0 Å². The highest BCUT2D eigenvalue weighted by molar-refractivity contribution is 6.33. The largest absolute Gasteiger partial charge is 0.395 e. The molecule has 0 aromatic heterocycles. The SMILES string of the molecule is CCN(C)C(=O)Nc1cc(C#CCCO)ccc1Cl. The summed E-state index contributed by atoms with van der Waals surface area (Å²) in [6.45, 7) is 2.53. The van der Waals surface area contributed by atoms with Crippen LogP contribution in [0.1, 0.15) is 18.9 Å². The Bertz CT molecular complexity index is 506. The van der Waals surface area contributed by atoms with Gasteiger partial charge in [0, 0.05) is 25.6 Å². The highest BCUT2D eigenvalue weighted by Crippen LogP contribution is 2.23. The summed E-state index contributed by atoms with van der Waals surface area (Å²) in [6.07, 6.45) is 0.420. The van der Waals surface area contributed by atoms with Crippen LogP contribution >= 0.6 is 11.6 Å². The molecule has 0 aliphatic carbocycles. The Balaban J connectivity index is 2.86. The van der Waals surface area contributed by atoms with Crippen molar-refractivity contribution in [3.8, 4) is 11.8 Å². The molecule has 0 saturated heterocycles. The molecule has 0 spiro atoms. The summed E-state index contributed by atoms with van der Waals surface area (Å²) in [7, 11) is 1.70. The fraction of sp³-hybridized carbons (Fsp3) is 0.357. The Hall–Kier alpha value is -1.70. The predicted molar refractivity (Wildman–Crippen MR) is 77.4 cm³/mol. The molecule has 0 aliphatic rings. The number of carbonyl (C=O) groups is 1. The molecule has 0 heterocycles. The number of hydrogen-bond acceptors (Lipinski definition) is 2. The van der Waals surface area contributed by atoms with Gasteiger partial charge in [-0.2, -0.15) is 0 Å². The van der Waals surface area contributed by atoms with Crippen LogP contribution in [0.25, 0.3) is 0 Å². The summed E-state index contributed by atoms with van der Waals surface area (Å²) >= 11 is 6.03. The first-order chi connectivity index (χ1) is 9.08. The molecule has 0 saturated carbocycles. The molecule has 4 nitrogen and oxygen atoms in total. The second kappa shape index (κ2) is 7.67. The smallest absolute Gasteiger partial charge is 0.321 e. The van der Waals surface area contributed by atoms with E-state index < -0.39 is 0 Å². The van der Waals surface area contributed by atoms with E-state index in [1.54, 1.807) is 30.1 Å². The monoisotopic (exact) mass is 280 g/mol. The first kappa shape index (κ1) is 15.4. The summed E-state index contributed by atoms with van der Waals surface area (Å²) < 4.78 is 0. The number of aliphatic hydroxyl groups is 1. The van der Waals surface area contributed by atoms with Gasteiger partial charge in [0.05, 0.1) is 17.3 Å². The summed E-state index contributed by atoms with van der Waals surface area (Å²) in [4.78, 5) is 13.3. The molecule has 0 bridgehead atoms. The van der Waals surface area contributed by atoms with Crippen LogP contribution in [0, 0.1) is 11.8 Å².